The molecule has 1 heterocycles. The summed E-state index contributed by atoms with van der Waals surface area (Å²) >= 11 is 0. The van der Waals surface area contributed by atoms with Gasteiger partial charge in [-0.3, -0.25) is 0 Å². The fourth-order valence-electron chi connectivity index (χ4n) is 1.92. The van der Waals surface area contributed by atoms with E-state index in [0.29, 0.717) is 6.04 Å². The SMILES string of the molecule is CC1Cc2ccc(C(C)(C)O)cc2N1. The summed E-state index contributed by atoms with van der Waals surface area (Å²) in [5.41, 5.74) is 2.75. The molecule has 0 saturated heterocycles. The Bertz CT molecular complexity index is 352. The van der Waals surface area contributed by atoms with Crippen molar-refractivity contribution in [2.24, 2.45) is 0 Å². The molecule has 0 aromatic heterocycles. The Morgan fingerprint density at radius 1 is 1.43 bits per heavy atom. The van der Waals surface area contributed by atoms with E-state index in [1.807, 2.05) is 19.9 Å². The lowest BCUT2D eigenvalue weighted by Gasteiger charge is -2.18. The molecule has 14 heavy (non-hydrogen) atoms. The third-order valence-electron chi connectivity index (χ3n) is 2.74. The Morgan fingerprint density at radius 2 is 2.14 bits per heavy atom. The second-order valence-corrected chi connectivity index (χ2v) is 4.68. The van der Waals surface area contributed by atoms with Gasteiger partial charge in [-0.05, 0) is 44.4 Å². The highest BCUT2D eigenvalue weighted by Crippen LogP contribution is 2.30. The van der Waals surface area contributed by atoms with Gasteiger partial charge in [0.2, 0.25) is 0 Å². The van der Waals surface area contributed by atoms with Crippen LogP contribution in [0, 0.1) is 0 Å². The quantitative estimate of drug-likeness (QED) is 0.713. The summed E-state index contributed by atoms with van der Waals surface area (Å²) in [6.07, 6.45) is 1.08. The van der Waals surface area contributed by atoms with E-state index in [-0.39, 0.29) is 0 Å². The molecule has 0 fully saturated rings. The molecule has 2 rings (SSSR count). The van der Waals surface area contributed by atoms with E-state index in [1.165, 1.54) is 11.3 Å². The lowest BCUT2D eigenvalue weighted by Crippen LogP contribution is -2.15. The Morgan fingerprint density at radius 3 is 2.79 bits per heavy atom. The van der Waals surface area contributed by atoms with Crippen molar-refractivity contribution in [2.45, 2.75) is 38.8 Å². The van der Waals surface area contributed by atoms with Crippen LogP contribution in [-0.2, 0) is 12.0 Å². The molecular formula is C12H17NO. The summed E-state index contributed by atoms with van der Waals surface area (Å²) in [5.74, 6) is 0. The van der Waals surface area contributed by atoms with E-state index in [4.69, 9.17) is 0 Å². The number of hydrogen-bond acceptors (Lipinski definition) is 2. The number of rotatable bonds is 1. The highest BCUT2D eigenvalue weighted by Gasteiger charge is 2.21. The van der Waals surface area contributed by atoms with Crippen LogP contribution >= 0.6 is 0 Å². The van der Waals surface area contributed by atoms with E-state index in [1.54, 1.807) is 0 Å². The second kappa shape index (κ2) is 2.99. The molecule has 0 spiro atoms. The lowest BCUT2D eigenvalue weighted by molar-refractivity contribution is 0.0786. The fourth-order valence-corrected chi connectivity index (χ4v) is 1.92. The first-order chi connectivity index (χ1) is 6.47. The third kappa shape index (κ3) is 1.62. The van der Waals surface area contributed by atoms with Gasteiger partial charge in [0.1, 0.15) is 0 Å². The molecule has 2 nitrogen and oxygen atoms in total. The summed E-state index contributed by atoms with van der Waals surface area (Å²) in [6.45, 7) is 5.80. The molecule has 76 valence electrons. The molecule has 1 aliphatic heterocycles. The number of benzene rings is 1. The molecular weight excluding hydrogens is 174 g/mol. The van der Waals surface area contributed by atoms with Gasteiger partial charge in [-0.1, -0.05) is 12.1 Å². The molecule has 1 unspecified atom stereocenters. The van der Waals surface area contributed by atoms with Crippen molar-refractivity contribution in [3.63, 3.8) is 0 Å². The van der Waals surface area contributed by atoms with Gasteiger partial charge in [-0.15, -0.1) is 0 Å². The van der Waals surface area contributed by atoms with Crippen LogP contribution in [0.25, 0.3) is 0 Å². The highest BCUT2D eigenvalue weighted by molar-refractivity contribution is 5.58. The predicted octanol–water partition coefficient (Wildman–Crippen LogP) is 2.27. The number of aliphatic hydroxyl groups is 1. The van der Waals surface area contributed by atoms with Gasteiger partial charge in [-0.2, -0.15) is 0 Å². The van der Waals surface area contributed by atoms with Gasteiger partial charge in [0, 0.05) is 11.7 Å². The van der Waals surface area contributed by atoms with E-state index in [9.17, 15) is 5.11 Å². The van der Waals surface area contributed by atoms with Crippen molar-refractivity contribution < 1.29 is 5.11 Å². The fraction of sp³-hybridized carbons (Fsp3) is 0.500. The van der Waals surface area contributed by atoms with Crippen molar-refractivity contribution in [3.8, 4) is 0 Å². The Hall–Kier alpha value is -1.02. The topological polar surface area (TPSA) is 32.3 Å². The van der Waals surface area contributed by atoms with Crippen molar-refractivity contribution >= 4 is 5.69 Å². The van der Waals surface area contributed by atoms with Gasteiger partial charge in [-0.25, -0.2) is 0 Å². The van der Waals surface area contributed by atoms with E-state index >= 15 is 0 Å². The largest absolute Gasteiger partial charge is 0.386 e. The van der Waals surface area contributed by atoms with E-state index in [0.717, 1.165) is 12.0 Å². The van der Waals surface area contributed by atoms with Crippen LogP contribution in [-0.4, -0.2) is 11.1 Å². The molecule has 0 amide bonds. The third-order valence-corrected chi connectivity index (χ3v) is 2.74. The Labute approximate surface area is 85.0 Å². The zero-order valence-corrected chi connectivity index (χ0v) is 8.96. The van der Waals surface area contributed by atoms with Gasteiger partial charge in [0.05, 0.1) is 5.60 Å². The van der Waals surface area contributed by atoms with E-state index < -0.39 is 5.60 Å². The van der Waals surface area contributed by atoms with E-state index in [2.05, 4.69) is 24.4 Å². The number of anilines is 1. The van der Waals surface area contributed by atoms with Crippen LogP contribution in [0.5, 0.6) is 0 Å². The van der Waals surface area contributed by atoms with Crippen LogP contribution in [0.15, 0.2) is 18.2 Å². The summed E-state index contributed by atoms with van der Waals surface area (Å²) in [7, 11) is 0. The van der Waals surface area contributed by atoms with Crippen molar-refractivity contribution in [3.05, 3.63) is 29.3 Å². The maximum atomic E-state index is 9.86. The first kappa shape index (κ1) is 9.53. The predicted molar refractivity (Wildman–Crippen MR) is 58.5 cm³/mol. The maximum Gasteiger partial charge on any atom is 0.0841 e. The smallest absolute Gasteiger partial charge is 0.0841 e. The minimum atomic E-state index is -0.747. The molecule has 1 aromatic rings. The number of hydrogen-bond donors (Lipinski definition) is 2. The first-order valence-electron chi connectivity index (χ1n) is 5.09. The average molecular weight is 191 g/mol. The zero-order chi connectivity index (χ0) is 10.3. The maximum absolute atomic E-state index is 9.86. The monoisotopic (exact) mass is 191 g/mol. The zero-order valence-electron chi connectivity index (χ0n) is 8.96. The Balaban J connectivity index is 2.38. The minimum Gasteiger partial charge on any atom is -0.386 e. The summed E-state index contributed by atoms with van der Waals surface area (Å²) in [6, 6.07) is 6.69. The summed E-state index contributed by atoms with van der Waals surface area (Å²) in [5, 5.41) is 13.3. The van der Waals surface area contributed by atoms with Crippen LogP contribution in [0.4, 0.5) is 5.69 Å². The molecule has 1 atom stereocenters. The highest BCUT2D eigenvalue weighted by atomic mass is 16.3. The summed E-state index contributed by atoms with van der Waals surface area (Å²) < 4.78 is 0. The molecule has 0 aliphatic carbocycles. The molecule has 1 aromatic carbocycles. The minimum absolute atomic E-state index is 0.516. The molecule has 0 bridgehead atoms. The lowest BCUT2D eigenvalue weighted by atomic mass is 9.96. The molecule has 1 aliphatic rings. The number of fused-ring (bicyclic) bond motifs is 1. The van der Waals surface area contributed by atoms with Crippen molar-refractivity contribution in [1.29, 1.82) is 0 Å². The summed E-state index contributed by atoms with van der Waals surface area (Å²) in [4.78, 5) is 0. The van der Waals surface area contributed by atoms with Crippen molar-refractivity contribution in [1.82, 2.24) is 0 Å². The van der Waals surface area contributed by atoms with Gasteiger partial charge in [0.25, 0.3) is 0 Å². The van der Waals surface area contributed by atoms with Crippen LogP contribution in [0.1, 0.15) is 31.9 Å². The molecule has 0 saturated carbocycles. The van der Waals surface area contributed by atoms with Crippen molar-refractivity contribution in [2.75, 3.05) is 5.32 Å². The number of nitrogens with one attached hydrogen (secondary N) is 1. The second-order valence-electron chi connectivity index (χ2n) is 4.68. The average Bonchev–Trinajstić information content (AvgIpc) is 2.41. The first-order valence-corrected chi connectivity index (χ1v) is 5.09. The molecule has 2 heteroatoms. The molecule has 2 N–H and O–H groups in total. The Kier molecular flexibility index (Phi) is 2.04. The normalized spacial score (nSPS) is 20.4. The van der Waals surface area contributed by atoms with Gasteiger partial charge in [0.15, 0.2) is 0 Å². The van der Waals surface area contributed by atoms with Crippen LogP contribution < -0.4 is 5.32 Å². The van der Waals surface area contributed by atoms with Gasteiger partial charge >= 0.3 is 0 Å². The molecule has 0 radical (unpaired) electrons. The van der Waals surface area contributed by atoms with Gasteiger partial charge < -0.3 is 10.4 Å². The van der Waals surface area contributed by atoms with Crippen LogP contribution in [0.3, 0.4) is 0 Å². The standard InChI is InChI=1S/C12H17NO/c1-8-6-9-4-5-10(12(2,3)14)7-11(9)13-8/h4-5,7-8,13-14H,6H2,1-3H3. The van der Waals surface area contributed by atoms with Crippen LogP contribution in [0.2, 0.25) is 0 Å².